The minimum absolute atomic E-state index is 0.167. The molecule has 0 spiro atoms. The van der Waals surface area contributed by atoms with Crippen LogP contribution in [0.4, 0.5) is 0 Å². The van der Waals surface area contributed by atoms with Crippen molar-refractivity contribution in [2.75, 3.05) is 20.2 Å². The number of amides is 1. The topological polar surface area (TPSA) is 75.7 Å². The number of sulfonamides is 1. The molecule has 0 radical (unpaired) electrons. The van der Waals surface area contributed by atoms with Crippen molar-refractivity contribution in [2.24, 2.45) is 5.92 Å². The molecule has 1 unspecified atom stereocenters. The first kappa shape index (κ1) is 25.2. The van der Waals surface area contributed by atoms with Gasteiger partial charge in [-0.2, -0.15) is 4.31 Å². The van der Waals surface area contributed by atoms with E-state index >= 15 is 0 Å². The van der Waals surface area contributed by atoms with Crippen molar-refractivity contribution in [3.05, 3.63) is 58.7 Å². The average molecular weight is 473 g/mol. The van der Waals surface area contributed by atoms with Gasteiger partial charge in [0.1, 0.15) is 5.75 Å². The highest BCUT2D eigenvalue weighted by atomic mass is 32.2. The van der Waals surface area contributed by atoms with Crippen molar-refractivity contribution in [3.63, 3.8) is 0 Å². The Labute approximate surface area is 198 Å². The normalized spacial score (nSPS) is 16.6. The van der Waals surface area contributed by atoms with Gasteiger partial charge in [-0.05, 0) is 85.5 Å². The summed E-state index contributed by atoms with van der Waals surface area (Å²) in [5, 5.41) is 3.03. The number of methoxy groups -OCH3 is 1. The minimum Gasteiger partial charge on any atom is -0.496 e. The molecule has 2 aromatic rings. The maximum atomic E-state index is 13.1. The van der Waals surface area contributed by atoms with Crippen molar-refractivity contribution >= 4 is 15.9 Å². The van der Waals surface area contributed by atoms with Crippen LogP contribution < -0.4 is 10.1 Å². The van der Waals surface area contributed by atoms with E-state index in [1.807, 2.05) is 19.9 Å². The van der Waals surface area contributed by atoms with Crippen LogP contribution in [0.25, 0.3) is 0 Å². The summed E-state index contributed by atoms with van der Waals surface area (Å²) in [7, 11) is -1.95. The SMILES string of the molecule is COc1cc(C)c(C(C)NC(=O)c2cccc(S(=O)(=O)N3CCC(C)CC3)c2)cc1C(C)C. The highest BCUT2D eigenvalue weighted by Gasteiger charge is 2.28. The number of benzene rings is 2. The third-order valence-corrected chi connectivity index (χ3v) is 8.43. The third kappa shape index (κ3) is 5.58. The van der Waals surface area contributed by atoms with Crippen LogP contribution in [0, 0.1) is 12.8 Å². The van der Waals surface area contributed by atoms with Crippen LogP contribution in [-0.2, 0) is 10.0 Å². The number of aryl methyl sites for hydroxylation is 1. The Bertz CT molecular complexity index is 1100. The van der Waals surface area contributed by atoms with E-state index < -0.39 is 10.0 Å². The molecular weight excluding hydrogens is 436 g/mol. The summed E-state index contributed by atoms with van der Waals surface area (Å²) in [6.07, 6.45) is 1.72. The van der Waals surface area contributed by atoms with Gasteiger partial charge in [0.15, 0.2) is 0 Å². The Morgan fingerprint density at radius 1 is 1.09 bits per heavy atom. The Balaban J connectivity index is 1.81. The van der Waals surface area contributed by atoms with Gasteiger partial charge in [0.25, 0.3) is 5.91 Å². The van der Waals surface area contributed by atoms with E-state index in [0.29, 0.717) is 24.6 Å². The molecule has 1 aliphatic heterocycles. The van der Waals surface area contributed by atoms with Gasteiger partial charge in [-0.15, -0.1) is 0 Å². The van der Waals surface area contributed by atoms with Crippen LogP contribution in [0.1, 0.15) is 79.5 Å². The molecule has 0 aromatic heterocycles. The number of nitrogens with zero attached hydrogens (tertiary/aromatic N) is 1. The van der Waals surface area contributed by atoms with Crippen molar-refractivity contribution in [2.45, 2.75) is 64.3 Å². The monoisotopic (exact) mass is 472 g/mol. The van der Waals surface area contributed by atoms with Gasteiger partial charge >= 0.3 is 0 Å². The smallest absolute Gasteiger partial charge is 0.251 e. The largest absolute Gasteiger partial charge is 0.496 e. The maximum absolute atomic E-state index is 13.1. The lowest BCUT2D eigenvalue weighted by molar-refractivity contribution is 0.0939. The second kappa shape index (κ2) is 10.3. The zero-order chi connectivity index (χ0) is 24.3. The number of ether oxygens (including phenoxy) is 1. The van der Waals surface area contributed by atoms with Gasteiger partial charge in [0, 0.05) is 18.7 Å². The number of piperidine rings is 1. The standard InChI is InChI=1S/C26H36N2O4S/c1-17(2)23-16-24(19(4)14-25(23)32-6)20(5)27-26(29)21-8-7-9-22(15-21)33(30,31)28-12-10-18(3)11-13-28/h7-9,14-18,20H,10-13H2,1-6H3,(H,27,29). The number of nitrogens with one attached hydrogen (secondary N) is 1. The van der Waals surface area contributed by atoms with Gasteiger partial charge in [-0.1, -0.05) is 26.8 Å². The van der Waals surface area contributed by atoms with Gasteiger partial charge < -0.3 is 10.1 Å². The molecule has 1 atom stereocenters. The highest BCUT2D eigenvalue weighted by molar-refractivity contribution is 7.89. The lowest BCUT2D eigenvalue weighted by Gasteiger charge is -2.29. The fourth-order valence-electron chi connectivity index (χ4n) is 4.34. The predicted molar refractivity (Wildman–Crippen MR) is 131 cm³/mol. The summed E-state index contributed by atoms with van der Waals surface area (Å²) >= 11 is 0. The van der Waals surface area contributed by atoms with E-state index in [2.05, 4.69) is 32.2 Å². The molecule has 33 heavy (non-hydrogen) atoms. The molecule has 1 fully saturated rings. The molecule has 6 nitrogen and oxygen atoms in total. The predicted octanol–water partition coefficient (Wildman–Crippen LogP) is 5.04. The number of hydrogen-bond donors (Lipinski definition) is 1. The molecule has 2 aromatic carbocycles. The van der Waals surface area contributed by atoms with Crippen molar-refractivity contribution < 1.29 is 17.9 Å². The van der Waals surface area contributed by atoms with E-state index in [-0.39, 0.29) is 22.8 Å². The summed E-state index contributed by atoms with van der Waals surface area (Å²) in [5.74, 6) is 1.36. The van der Waals surface area contributed by atoms with Crippen LogP contribution in [0.2, 0.25) is 0 Å². The van der Waals surface area contributed by atoms with Gasteiger partial charge in [-0.3, -0.25) is 4.79 Å². The van der Waals surface area contributed by atoms with E-state index in [1.165, 1.54) is 10.4 Å². The van der Waals surface area contributed by atoms with Crippen LogP contribution in [0.5, 0.6) is 5.75 Å². The molecule has 1 amide bonds. The molecule has 0 saturated carbocycles. The highest BCUT2D eigenvalue weighted by Crippen LogP contribution is 2.32. The van der Waals surface area contributed by atoms with Crippen LogP contribution in [0.15, 0.2) is 41.3 Å². The molecule has 3 rings (SSSR count). The van der Waals surface area contributed by atoms with E-state index in [9.17, 15) is 13.2 Å². The summed E-state index contributed by atoms with van der Waals surface area (Å²) < 4.78 is 33.3. The molecule has 1 aliphatic rings. The Kier molecular flexibility index (Phi) is 7.85. The summed E-state index contributed by atoms with van der Waals surface area (Å²) in [6, 6.07) is 10.2. The average Bonchev–Trinajstić information content (AvgIpc) is 2.78. The quantitative estimate of drug-likeness (QED) is 0.613. The first-order chi connectivity index (χ1) is 15.5. The number of hydrogen-bond acceptors (Lipinski definition) is 4. The molecule has 1 heterocycles. The third-order valence-electron chi connectivity index (χ3n) is 6.53. The summed E-state index contributed by atoms with van der Waals surface area (Å²) in [6.45, 7) is 11.3. The lowest BCUT2D eigenvalue weighted by Crippen LogP contribution is -2.38. The van der Waals surface area contributed by atoms with Gasteiger partial charge in [0.2, 0.25) is 10.0 Å². The zero-order valence-electron chi connectivity index (χ0n) is 20.5. The van der Waals surface area contributed by atoms with Crippen LogP contribution >= 0.6 is 0 Å². The summed E-state index contributed by atoms with van der Waals surface area (Å²) in [4.78, 5) is 13.2. The lowest BCUT2D eigenvalue weighted by atomic mass is 9.93. The van der Waals surface area contributed by atoms with E-state index in [1.54, 1.807) is 25.3 Å². The van der Waals surface area contributed by atoms with Crippen molar-refractivity contribution in [1.82, 2.24) is 9.62 Å². The van der Waals surface area contributed by atoms with E-state index in [4.69, 9.17) is 4.74 Å². The molecule has 1 N–H and O–H groups in total. The number of carbonyl (C=O) groups is 1. The van der Waals surface area contributed by atoms with E-state index in [0.717, 1.165) is 35.3 Å². The van der Waals surface area contributed by atoms with Crippen LogP contribution in [0.3, 0.4) is 0 Å². The molecule has 7 heteroatoms. The second-order valence-electron chi connectivity index (χ2n) is 9.42. The molecule has 0 aliphatic carbocycles. The number of carbonyl (C=O) groups excluding carboxylic acids is 1. The first-order valence-electron chi connectivity index (χ1n) is 11.6. The van der Waals surface area contributed by atoms with Gasteiger partial charge in [-0.25, -0.2) is 8.42 Å². The van der Waals surface area contributed by atoms with Gasteiger partial charge in [0.05, 0.1) is 18.0 Å². The molecular formula is C26H36N2O4S. The Morgan fingerprint density at radius 3 is 2.36 bits per heavy atom. The Morgan fingerprint density at radius 2 is 1.76 bits per heavy atom. The van der Waals surface area contributed by atoms with Crippen molar-refractivity contribution in [1.29, 1.82) is 0 Å². The zero-order valence-corrected chi connectivity index (χ0v) is 21.3. The number of rotatable bonds is 7. The molecule has 1 saturated heterocycles. The maximum Gasteiger partial charge on any atom is 0.251 e. The first-order valence-corrected chi connectivity index (χ1v) is 13.1. The van der Waals surface area contributed by atoms with Crippen molar-refractivity contribution in [3.8, 4) is 5.75 Å². The fourth-order valence-corrected chi connectivity index (χ4v) is 5.86. The Hall–Kier alpha value is -2.38. The molecule has 180 valence electrons. The fraction of sp³-hybridized carbons (Fsp3) is 0.500. The second-order valence-corrected chi connectivity index (χ2v) is 11.4. The van der Waals surface area contributed by atoms with Crippen LogP contribution in [-0.4, -0.2) is 38.8 Å². The molecule has 0 bridgehead atoms. The summed E-state index contributed by atoms with van der Waals surface area (Å²) in [5.41, 5.74) is 3.46. The minimum atomic E-state index is -3.61.